The van der Waals surface area contributed by atoms with Crippen LogP contribution in [-0.2, 0) is 9.47 Å². The standard InChI is InChI=1S/C17H25NO3/c1-13-6-3-8-16(14(13)2)17(19)18-9-5-10-20-12-15-7-4-11-21-15/h3,6,8,15H,4-5,7,9-12H2,1-2H3,(H,18,19)/t15-/m1/s1. The maximum absolute atomic E-state index is 12.1. The molecule has 4 heteroatoms. The lowest BCUT2D eigenvalue weighted by atomic mass is 10.0. The number of hydrogen-bond donors (Lipinski definition) is 1. The van der Waals surface area contributed by atoms with Gasteiger partial charge in [-0.05, 0) is 50.3 Å². The van der Waals surface area contributed by atoms with Gasteiger partial charge in [0.1, 0.15) is 0 Å². The first-order chi connectivity index (χ1) is 10.2. The Morgan fingerprint density at radius 3 is 3.05 bits per heavy atom. The van der Waals surface area contributed by atoms with Gasteiger partial charge in [0.25, 0.3) is 5.91 Å². The van der Waals surface area contributed by atoms with Gasteiger partial charge >= 0.3 is 0 Å². The average Bonchev–Trinajstić information content (AvgIpc) is 2.98. The summed E-state index contributed by atoms with van der Waals surface area (Å²) in [6.45, 7) is 6.83. The fourth-order valence-corrected chi connectivity index (χ4v) is 2.46. The number of aryl methyl sites for hydroxylation is 1. The van der Waals surface area contributed by atoms with Crippen LogP contribution in [0.5, 0.6) is 0 Å². The SMILES string of the molecule is Cc1cccc(C(=O)NCCCOC[C@H]2CCCO2)c1C. The molecule has 1 heterocycles. The molecule has 0 bridgehead atoms. The summed E-state index contributed by atoms with van der Waals surface area (Å²) in [4.78, 5) is 12.1. The van der Waals surface area contributed by atoms with E-state index >= 15 is 0 Å². The predicted molar refractivity (Wildman–Crippen MR) is 82.7 cm³/mol. The van der Waals surface area contributed by atoms with Gasteiger partial charge in [0.15, 0.2) is 0 Å². The molecule has 1 aromatic rings. The van der Waals surface area contributed by atoms with E-state index in [2.05, 4.69) is 5.32 Å². The Bertz CT molecular complexity index is 467. The zero-order chi connectivity index (χ0) is 15.1. The van der Waals surface area contributed by atoms with Gasteiger partial charge in [-0.1, -0.05) is 12.1 Å². The number of benzene rings is 1. The molecule has 1 N–H and O–H groups in total. The van der Waals surface area contributed by atoms with Gasteiger partial charge in [0, 0.05) is 25.3 Å². The van der Waals surface area contributed by atoms with E-state index in [0.717, 1.165) is 42.6 Å². The van der Waals surface area contributed by atoms with E-state index in [1.54, 1.807) is 0 Å². The molecule has 1 atom stereocenters. The third kappa shape index (κ3) is 4.83. The lowest BCUT2D eigenvalue weighted by molar-refractivity contribution is 0.0166. The second-order valence-electron chi connectivity index (χ2n) is 5.57. The van der Waals surface area contributed by atoms with Crippen molar-refractivity contribution in [2.24, 2.45) is 0 Å². The van der Waals surface area contributed by atoms with Gasteiger partial charge in [0.05, 0.1) is 12.7 Å². The van der Waals surface area contributed by atoms with Crippen LogP contribution in [0.25, 0.3) is 0 Å². The second kappa shape index (κ2) is 8.15. The van der Waals surface area contributed by atoms with Crippen LogP contribution in [0.4, 0.5) is 0 Å². The van der Waals surface area contributed by atoms with E-state index in [0.29, 0.717) is 19.8 Å². The number of nitrogens with one attached hydrogen (secondary N) is 1. The second-order valence-corrected chi connectivity index (χ2v) is 5.57. The van der Waals surface area contributed by atoms with Gasteiger partial charge in [-0.2, -0.15) is 0 Å². The summed E-state index contributed by atoms with van der Waals surface area (Å²) in [5.41, 5.74) is 2.95. The van der Waals surface area contributed by atoms with Crippen molar-refractivity contribution in [2.45, 2.75) is 39.2 Å². The molecule has 1 fully saturated rings. The molecule has 1 aromatic carbocycles. The van der Waals surface area contributed by atoms with E-state index in [9.17, 15) is 4.79 Å². The molecule has 1 amide bonds. The number of carbonyl (C=O) groups is 1. The monoisotopic (exact) mass is 291 g/mol. The summed E-state index contributed by atoms with van der Waals surface area (Å²) in [5.74, 6) is -0.00433. The van der Waals surface area contributed by atoms with E-state index in [-0.39, 0.29) is 12.0 Å². The fourth-order valence-electron chi connectivity index (χ4n) is 2.46. The molecule has 0 radical (unpaired) electrons. The van der Waals surface area contributed by atoms with Crippen molar-refractivity contribution in [2.75, 3.05) is 26.4 Å². The summed E-state index contributed by atoms with van der Waals surface area (Å²) in [6.07, 6.45) is 3.33. The molecule has 21 heavy (non-hydrogen) atoms. The number of hydrogen-bond acceptors (Lipinski definition) is 3. The minimum Gasteiger partial charge on any atom is -0.379 e. The van der Waals surface area contributed by atoms with E-state index < -0.39 is 0 Å². The highest BCUT2D eigenvalue weighted by Gasteiger charge is 2.15. The van der Waals surface area contributed by atoms with Gasteiger partial charge in [0.2, 0.25) is 0 Å². The Balaban J connectivity index is 1.61. The predicted octanol–water partition coefficient (Wildman–Crippen LogP) is 2.62. The highest BCUT2D eigenvalue weighted by Crippen LogP contribution is 2.13. The molecular formula is C17H25NO3. The highest BCUT2D eigenvalue weighted by molar-refractivity contribution is 5.95. The Labute approximate surface area is 126 Å². The zero-order valence-corrected chi connectivity index (χ0v) is 13.0. The Kier molecular flexibility index (Phi) is 6.21. The summed E-state index contributed by atoms with van der Waals surface area (Å²) >= 11 is 0. The van der Waals surface area contributed by atoms with Crippen molar-refractivity contribution in [3.8, 4) is 0 Å². The van der Waals surface area contributed by atoms with Crippen LogP contribution in [0.3, 0.4) is 0 Å². The lowest BCUT2D eigenvalue weighted by Gasteiger charge is -2.11. The normalized spacial score (nSPS) is 17.9. The summed E-state index contributed by atoms with van der Waals surface area (Å²) in [5, 5.41) is 2.95. The largest absolute Gasteiger partial charge is 0.379 e. The van der Waals surface area contributed by atoms with Gasteiger partial charge in [-0.15, -0.1) is 0 Å². The topological polar surface area (TPSA) is 47.6 Å². The summed E-state index contributed by atoms with van der Waals surface area (Å²) < 4.78 is 11.1. The van der Waals surface area contributed by atoms with Crippen LogP contribution in [0.15, 0.2) is 18.2 Å². The van der Waals surface area contributed by atoms with Crippen molar-refractivity contribution < 1.29 is 14.3 Å². The van der Waals surface area contributed by atoms with Crippen LogP contribution in [0, 0.1) is 13.8 Å². The molecule has 1 aliphatic heterocycles. The molecule has 0 aromatic heterocycles. The molecule has 0 unspecified atom stereocenters. The molecule has 1 aliphatic rings. The van der Waals surface area contributed by atoms with Crippen LogP contribution in [0.2, 0.25) is 0 Å². The molecule has 0 aliphatic carbocycles. The van der Waals surface area contributed by atoms with Crippen molar-refractivity contribution in [1.82, 2.24) is 5.32 Å². The molecular weight excluding hydrogens is 266 g/mol. The van der Waals surface area contributed by atoms with E-state index in [1.807, 2.05) is 32.0 Å². The highest BCUT2D eigenvalue weighted by atomic mass is 16.5. The van der Waals surface area contributed by atoms with Crippen LogP contribution in [0.1, 0.15) is 40.7 Å². The smallest absolute Gasteiger partial charge is 0.251 e. The third-order valence-corrected chi connectivity index (χ3v) is 3.93. The first kappa shape index (κ1) is 16.0. The Hall–Kier alpha value is -1.39. The lowest BCUT2D eigenvalue weighted by Crippen LogP contribution is -2.26. The Morgan fingerprint density at radius 1 is 1.43 bits per heavy atom. The first-order valence-electron chi connectivity index (χ1n) is 7.72. The molecule has 116 valence electrons. The minimum atomic E-state index is -0.00433. The molecule has 4 nitrogen and oxygen atoms in total. The number of carbonyl (C=O) groups excluding carboxylic acids is 1. The van der Waals surface area contributed by atoms with Crippen LogP contribution in [-0.4, -0.2) is 38.4 Å². The number of rotatable bonds is 7. The molecule has 0 saturated carbocycles. The quantitative estimate of drug-likeness (QED) is 0.786. The maximum Gasteiger partial charge on any atom is 0.251 e. The summed E-state index contributed by atoms with van der Waals surface area (Å²) in [6, 6.07) is 5.80. The Morgan fingerprint density at radius 2 is 2.29 bits per heavy atom. The van der Waals surface area contributed by atoms with Crippen LogP contribution < -0.4 is 5.32 Å². The zero-order valence-electron chi connectivity index (χ0n) is 13.0. The average molecular weight is 291 g/mol. The fraction of sp³-hybridized carbons (Fsp3) is 0.588. The minimum absolute atomic E-state index is 0.00433. The van der Waals surface area contributed by atoms with E-state index in [1.165, 1.54) is 0 Å². The summed E-state index contributed by atoms with van der Waals surface area (Å²) in [7, 11) is 0. The number of ether oxygens (including phenoxy) is 2. The van der Waals surface area contributed by atoms with Crippen molar-refractivity contribution in [3.63, 3.8) is 0 Å². The van der Waals surface area contributed by atoms with E-state index in [4.69, 9.17) is 9.47 Å². The third-order valence-electron chi connectivity index (χ3n) is 3.93. The van der Waals surface area contributed by atoms with Crippen molar-refractivity contribution in [3.05, 3.63) is 34.9 Å². The molecule has 1 saturated heterocycles. The van der Waals surface area contributed by atoms with Gasteiger partial charge in [-0.25, -0.2) is 0 Å². The van der Waals surface area contributed by atoms with Crippen LogP contribution >= 0.6 is 0 Å². The van der Waals surface area contributed by atoms with Crippen molar-refractivity contribution in [1.29, 1.82) is 0 Å². The molecule has 0 spiro atoms. The first-order valence-corrected chi connectivity index (χ1v) is 7.72. The van der Waals surface area contributed by atoms with Crippen molar-refractivity contribution >= 4 is 5.91 Å². The van der Waals surface area contributed by atoms with Gasteiger partial charge < -0.3 is 14.8 Å². The number of amides is 1. The molecule has 2 rings (SSSR count). The van der Waals surface area contributed by atoms with Gasteiger partial charge in [-0.3, -0.25) is 4.79 Å². The maximum atomic E-state index is 12.1.